The number of esters is 1. The topological polar surface area (TPSA) is 76.1 Å². The van der Waals surface area contributed by atoms with Crippen LogP contribution >= 0.6 is 0 Å². The number of carbonyl (C=O) groups is 2. The number of unbranched alkanes of at least 4 members (excludes halogenated alkanes) is 25. The van der Waals surface area contributed by atoms with E-state index in [1.165, 1.54) is 193 Å². The molecule has 0 saturated carbocycles. The minimum atomic E-state index is 0.00742. The van der Waals surface area contributed by atoms with Crippen molar-refractivity contribution in [2.24, 2.45) is 11.8 Å². The number of aliphatic hydroxyl groups excluding tert-OH is 1. The fourth-order valence-corrected chi connectivity index (χ4v) is 8.57. The molecule has 0 saturated heterocycles. The van der Waals surface area contributed by atoms with E-state index in [9.17, 15) is 14.7 Å². The van der Waals surface area contributed by atoms with Crippen molar-refractivity contribution in [2.75, 3.05) is 46.1 Å². The van der Waals surface area contributed by atoms with E-state index in [1.54, 1.807) is 0 Å². The zero-order valence-electron chi connectivity index (χ0n) is 40.5. The lowest BCUT2D eigenvalue weighted by Gasteiger charge is -2.22. The average Bonchev–Trinajstić information content (AvgIpc) is 3.23. The van der Waals surface area contributed by atoms with E-state index in [1.807, 2.05) is 0 Å². The molecule has 2 atom stereocenters. The van der Waals surface area contributed by atoms with Crippen molar-refractivity contribution in [1.29, 1.82) is 0 Å². The molecule has 0 aromatic heterocycles. The van der Waals surface area contributed by atoms with Gasteiger partial charge >= 0.3 is 5.97 Å². The van der Waals surface area contributed by atoms with Crippen LogP contribution in [-0.4, -0.2) is 67.8 Å². The zero-order chi connectivity index (χ0) is 43.1. The van der Waals surface area contributed by atoms with Gasteiger partial charge in [0, 0.05) is 26.1 Å². The molecule has 6 nitrogen and oxygen atoms in total. The van der Waals surface area contributed by atoms with Gasteiger partial charge in [-0.3, -0.25) is 9.59 Å². The average molecular weight is 836 g/mol. The standard InChI is InChI=1S/C53H105NO5/c1-5-9-13-17-21-29-38-50(37-27-15-11-7-3)47-58-49-52(56)41-31-23-19-25-33-43-54(45-35-36-46-55)44-34-26-20-24-32-42-53(57)59-48-51(39-28-16-12-8-4)40-30-22-18-14-10-6-2/h50-51,55H,5-49H2,1-4H3. The van der Waals surface area contributed by atoms with Crippen LogP contribution in [0, 0.1) is 11.8 Å². The molecule has 0 spiro atoms. The zero-order valence-corrected chi connectivity index (χ0v) is 40.5. The summed E-state index contributed by atoms with van der Waals surface area (Å²) >= 11 is 0. The number of nitrogens with zero attached hydrogens (tertiary/aromatic N) is 1. The van der Waals surface area contributed by atoms with E-state index < -0.39 is 0 Å². The van der Waals surface area contributed by atoms with Crippen molar-refractivity contribution in [2.45, 2.75) is 272 Å². The summed E-state index contributed by atoms with van der Waals surface area (Å²) in [6.07, 6.45) is 45.8. The molecule has 0 heterocycles. The summed E-state index contributed by atoms with van der Waals surface area (Å²) < 4.78 is 11.8. The maximum Gasteiger partial charge on any atom is 0.305 e. The number of hydrogen-bond acceptors (Lipinski definition) is 6. The lowest BCUT2D eigenvalue weighted by Crippen LogP contribution is -2.27. The molecule has 59 heavy (non-hydrogen) atoms. The van der Waals surface area contributed by atoms with E-state index in [2.05, 4.69) is 32.6 Å². The first-order valence-electron chi connectivity index (χ1n) is 26.6. The number of ether oxygens (including phenoxy) is 2. The van der Waals surface area contributed by atoms with Crippen molar-refractivity contribution in [3.8, 4) is 0 Å². The van der Waals surface area contributed by atoms with Crippen LogP contribution in [0.25, 0.3) is 0 Å². The Kier molecular flexibility index (Phi) is 47.3. The van der Waals surface area contributed by atoms with Gasteiger partial charge in [-0.15, -0.1) is 0 Å². The summed E-state index contributed by atoms with van der Waals surface area (Å²) in [7, 11) is 0. The van der Waals surface area contributed by atoms with E-state index in [0.29, 0.717) is 37.9 Å². The number of rotatable bonds is 50. The van der Waals surface area contributed by atoms with Crippen LogP contribution in [0.15, 0.2) is 0 Å². The minimum absolute atomic E-state index is 0.00742. The molecule has 0 radical (unpaired) electrons. The Hall–Kier alpha value is -0.980. The summed E-state index contributed by atoms with van der Waals surface area (Å²) in [4.78, 5) is 27.8. The lowest BCUT2D eigenvalue weighted by atomic mass is 9.95. The SMILES string of the molecule is CCCCCCCCC(CCCCCC)COCC(=O)CCCCCCCN(CCCCO)CCCCCCCC(=O)OCC(CCCCCC)CCCCCCCC. The smallest absolute Gasteiger partial charge is 0.305 e. The van der Waals surface area contributed by atoms with Crippen LogP contribution in [0.5, 0.6) is 0 Å². The molecule has 2 unspecified atom stereocenters. The Balaban J connectivity index is 4.19. The molecule has 0 aliphatic heterocycles. The number of hydrogen-bond donors (Lipinski definition) is 1. The molecule has 0 fully saturated rings. The Bertz CT molecular complexity index is 852. The van der Waals surface area contributed by atoms with Crippen LogP contribution in [-0.2, 0) is 19.1 Å². The fraction of sp³-hybridized carbons (Fsp3) is 0.962. The lowest BCUT2D eigenvalue weighted by molar-refractivity contribution is -0.145. The number of Topliss-reactive ketones (excluding diaryl/α,β-unsaturated/α-hetero) is 1. The Labute approximate surface area is 369 Å². The van der Waals surface area contributed by atoms with Crippen LogP contribution in [0.2, 0.25) is 0 Å². The molecule has 0 aliphatic rings. The highest BCUT2D eigenvalue weighted by Crippen LogP contribution is 2.21. The first kappa shape index (κ1) is 58.0. The van der Waals surface area contributed by atoms with Gasteiger partial charge in [0.2, 0.25) is 0 Å². The number of aliphatic hydroxyl groups is 1. The molecule has 6 heteroatoms. The number of ketones is 1. The molecule has 0 aromatic rings. The largest absolute Gasteiger partial charge is 0.465 e. The van der Waals surface area contributed by atoms with Crippen molar-refractivity contribution in [3.63, 3.8) is 0 Å². The molecular formula is C53H105NO5. The normalized spacial score (nSPS) is 12.7. The summed E-state index contributed by atoms with van der Waals surface area (Å²) in [6, 6.07) is 0. The van der Waals surface area contributed by atoms with Gasteiger partial charge in [-0.2, -0.15) is 0 Å². The first-order valence-corrected chi connectivity index (χ1v) is 26.6. The molecule has 0 aliphatic carbocycles. The summed E-state index contributed by atoms with van der Waals surface area (Å²) in [6.45, 7) is 14.4. The van der Waals surface area contributed by atoms with Crippen molar-refractivity contribution >= 4 is 11.8 Å². The van der Waals surface area contributed by atoms with Gasteiger partial charge in [-0.05, 0) is 95.7 Å². The van der Waals surface area contributed by atoms with Crippen LogP contribution in [0.4, 0.5) is 0 Å². The summed E-state index contributed by atoms with van der Waals surface area (Å²) in [5.41, 5.74) is 0. The van der Waals surface area contributed by atoms with Crippen molar-refractivity contribution in [1.82, 2.24) is 4.90 Å². The third kappa shape index (κ3) is 43.5. The molecule has 0 aromatic carbocycles. The molecular weight excluding hydrogens is 731 g/mol. The monoisotopic (exact) mass is 836 g/mol. The van der Waals surface area contributed by atoms with Gasteiger partial charge in [0.1, 0.15) is 6.61 Å². The van der Waals surface area contributed by atoms with E-state index in [4.69, 9.17) is 9.47 Å². The highest BCUT2D eigenvalue weighted by molar-refractivity contribution is 5.79. The van der Waals surface area contributed by atoms with E-state index >= 15 is 0 Å². The third-order valence-corrected chi connectivity index (χ3v) is 12.6. The van der Waals surface area contributed by atoms with E-state index in [-0.39, 0.29) is 18.4 Å². The highest BCUT2D eigenvalue weighted by atomic mass is 16.5. The second-order valence-corrected chi connectivity index (χ2v) is 18.6. The summed E-state index contributed by atoms with van der Waals surface area (Å²) in [5, 5.41) is 9.33. The Morgan fingerprint density at radius 3 is 1.24 bits per heavy atom. The van der Waals surface area contributed by atoms with Gasteiger partial charge in [0.25, 0.3) is 0 Å². The third-order valence-electron chi connectivity index (χ3n) is 12.6. The van der Waals surface area contributed by atoms with Gasteiger partial charge in [0.15, 0.2) is 5.78 Å². The van der Waals surface area contributed by atoms with Crippen molar-refractivity contribution in [3.05, 3.63) is 0 Å². The van der Waals surface area contributed by atoms with Gasteiger partial charge in [0.05, 0.1) is 6.61 Å². The number of carbonyl (C=O) groups excluding carboxylic acids is 2. The predicted molar refractivity (Wildman–Crippen MR) is 255 cm³/mol. The van der Waals surface area contributed by atoms with E-state index in [0.717, 1.165) is 64.8 Å². The van der Waals surface area contributed by atoms with Crippen LogP contribution in [0.3, 0.4) is 0 Å². The molecule has 0 bridgehead atoms. The maximum absolute atomic E-state index is 12.6. The molecule has 0 amide bonds. The molecule has 0 rings (SSSR count). The summed E-state index contributed by atoms with van der Waals surface area (Å²) in [5.74, 6) is 1.44. The second-order valence-electron chi connectivity index (χ2n) is 18.6. The molecule has 1 N–H and O–H groups in total. The quantitative estimate of drug-likeness (QED) is 0.0486. The van der Waals surface area contributed by atoms with Gasteiger partial charge < -0.3 is 19.5 Å². The van der Waals surface area contributed by atoms with Crippen LogP contribution in [0.1, 0.15) is 272 Å². The minimum Gasteiger partial charge on any atom is -0.465 e. The van der Waals surface area contributed by atoms with Crippen molar-refractivity contribution < 1.29 is 24.2 Å². The maximum atomic E-state index is 12.6. The Morgan fingerprint density at radius 2 is 0.780 bits per heavy atom. The first-order chi connectivity index (χ1) is 29.0. The van der Waals surface area contributed by atoms with Gasteiger partial charge in [-0.1, -0.05) is 195 Å². The predicted octanol–water partition coefficient (Wildman–Crippen LogP) is 15.5. The van der Waals surface area contributed by atoms with Gasteiger partial charge in [-0.25, -0.2) is 0 Å². The molecule has 352 valence electrons. The fourth-order valence-electron chi connectivity index (χ4n) is 8.57. The highest BCUT2D eigenvalue weighted by Gasteiger charge is 2.14. The second kappa shape index (κ2) is 48.1. The Morgan fingerprint density at radius 1 is 0.424 bits per heavy atom. The van der Waals surface area contributed by atoms with Crippen LogP contribution < -0.4 is 0 Å².